The second-order valence-electron chi connectivity index (χ2n) is 3.47. The van der Waals surface area contributed by atoms with Gasteiger partial charge in [-0.1, -0.05) is 6.42 Å². The zero-order valence-corrected chi connectivity index (χ0v) is 8.31. The molecule has 4 heteroatoms. The van der Waals surface area contributed by atoms with E-state index >= 15 is 0 Å². The highest BCUT2D eigenvalue weighted by Gasteiger charge is 2.15. The van der Waals surface area contributed by atoms with E-state index in [0.29, 0.717) is 11.8 Å². The molecule has 0 spiro atoms. The highest BCUT2D eigenvalue weighted by molar-refractivity contribution is 7.90. The highest BCUT2D eigenvalue weighted by Crippen LogP contribution is 2.12. The summed E-state index contributed by atoms with van der Waals surface area (Å²) in [6, 6.07) is 0.313. The summed E-state index contributed by atoms with van der Waals surface area (Å²) in [7, 11) is -2.78. The van der Waals surface area contributed by atoms with Gasteiger partial charge in [-0.25, -0.2) is 13.7 Å². The lowest BCUT2D eigenvalue weighted by molar-refractivity contribution is 0.385. The molecule has 12 heavy (non-hydrogen) atoms. The Bertz CT molecular complexity index is 217. The van der Waals surface area contributed by atoms with Crippen LogP contribution < -0.4 is 5.32 Å². The van der Waals surface area contributed by atoms with Crippen molar-refractivity contribution in [3.63, 3.8) is 0 Å². The van der Waals surface area contributed by atoms with E-state index in [0.717, 1.165) is 19.4 Å². The van der Waals surface area contributed by atoms with Crippen LogP contribution in [0.2, 0.25) is 0 Å². The lowest BCUT2D eigenvalue weighted by Gasteiger charge is -2.20. The Hall–Kier alpha value is -0.0900. The first-order valence-electron chi connectivity index (χ1n) is 4.42. The van der Waals surface area contributed by atoms with E-state index in [1.165, 1.54) is 19.1 Å². The predicted octanol–water partition coefficient (Wildman–Crippen LogP) is 0.578. The first-order valence-corrected chi connectivity index (χ1v) is 6.48. The molecule has 1 aliphatic rings. The Labute approximate surface area is 74.5 Å². The molecule has 0 amide bonds. The van der Waals surface area contributed by atoms with Crippen LogP contribution >= 0.6 is 0 Å². The van der Waals surface area contributed by atoms with Crippen LogP contribution in [-0.4, -0.2) is 33.0 Å². The summed E-state index contributed by atoms with van der Waals surface area (Å²) in [4.78, 5) is 0. The Morgan fingerprint density at radius 3 is 2.67 bits per heavy atom. The second-order valence-corrected chi connectivity index (χ2v) is 5.73. The molecule has 0 aromatic heterocycles. The summed E-state index contributed by atoms with van der Waals surface area (Å²) in [6.45, 7) is 0.925. The van der Waals surface area contributed by atoms with Gasteiger partial charge < -0.3 is 0 Å². The van der Waals surface area contributed by atoms with Gasteiger partial charge in [-0.15, -0.1) is 0 Å². The summed E-state index contributed by atoms with van der Waals surface area (Å²) in [5.41, 5.74) is 0. The second kappa shape index (κ2) is 4.23. The van der Waals surface area contributed by atoms with Crippen LogP contribution in [0.3, 0.4) is 0 Å². The first-order chi connectivity index (χ1) is 5.58. The van der Waals surface area contributed by atoms with Crippen LogP contribution in [-0.2, 0) is 9.84 Å². The first kappa shape index (κ1) is 9.99. The van der Waals surface area contributed by atoms with Gasteiger partial charge in [0.1, 0.15) is 9.84 Å². The number of hydrogen-bond donors (Lipinski definition) is 0. The number of sulfone groups is 1. The van der Waals surface area contributed by atoms with Gasteiger partial charge in [-0.05, 0) is 19.3 Å². The minimum atomic E-state index is -2.78. The van der Waals surface area contributed by atoms with E-state index in [9.17, 15) is 8.42 Å². The van der Waals surface area contributed by atoms with Gasteiger partial charge >= 0.3 is 0 Å². The summed E-state index contributed by atoms with van der Waals surface area (Å²) in [5.74, 6) is 0.293. The fraction of sp³-hybridized carbons (Fsp3) is 1.00. The molecule has 1 atom stereocenters. The third-order valence-electron chi connectivity index (χ3n) is 2.15. The zero-order chi connectivity index (χ0) is 9.03. The number of hydrogen-bond acceptors (Lipinski definition) is 2. The molecule has 1 rings (SSSR count). The highest BCUT2D eigenvalue weighted by atomic mass is 32.2. The fourth-order valence-electron chi connectivity index (χ4n) is 1.44. The van der Waals surface area contributed by atoms with Crippen LogP contribution in [0.15, 0.2) is 0 Å². The number of nitrogens with zero attached hydrogens (tertiary/aromatic N) is 1. The van der Waals surface area contributed by atoms with Crippen molar-refractivity contribution in [2.45, 2.75) is 31.7 Å². The van der Waals surface area contributed by atoms with Crippen molar-refractivity contribution in [1.29, 1.82) is 0 Å². The summed E-state index contributed by atoms with van der Waals surface area (Å²) >= 11 is 0. The average molecular weight is 190 g/mol. The zero-order valence-electron chi connectivity index (χ0n) is 7.49. The molecule has 0 N–H and O–H groups in total. The van der Waals surface area contributed by atoms with E-state index in [1.54, 1.807) is 0 Å². The van der Waals surface area contributed by atoms with E-state index in [4.69, 9.17) is 0 Å². The largest absolute Gasteiger partial charge is 0.238 e. The molecule has 3 nitrogen and oxygen atoms in total. The molecule has 1 fully saturated rings. The van der Waals surface area contributed by atoms with Gasteiger partial charge in [0.25, 0.3) is 0 Å². The van der Waals surface area contributed by atoms with Crippen molar-refractivity contribution < 1.29 is 8.42 Å². The van der Waals surface area contributed by atoms with Gasteiger partial charge in [0.2, 0.25) is 0 Å². The molecule has 1 unspecified atom stereocenters. The van der Waals surface area contributed by atoms with Crippen molar-refractivity contribution >= 4 is 9.84 Å². The standard InChI is InChI=1S/C8H16NO2S/c1-12(10,11)7-5-8-4-2-3-6-9-8/h8H,2-7H2,1H3. The third-order valence-corrected chi connectivity index (χ3v) is 3.13. The topological polar surface area (TPSA) is 48.2 Å². The lowest BCUT2D eigenvalue weighted by Crippen LogP contribution is -2.29. The van der Waals surface area contributed by atoms with Crippen LogP contribution in [0.1, 0.15) is 25.7 Å². The Morgan fingerprint density at radius 1 is 1.42 bits per heavy atom. The Balaban J connectivity index is 2.22. The summed E-state index contributed by atoms with van der Waals surface area (Å²) < 4.78 is 21.7. The Morgan fingerprint density at radius 2 is 2.17 bits per heavy atom. The molecular formula is C8H16NO2S. The molecule has 1 aliphatic heterocycles. The Kier molecular flexibility index (Phi) is 3.53. The molecule has 0 aliphatic carbocycles. The van der Waals surface area contributed by atoms with E-state index in [2.05, 4.69) is 5.32 Å². The molecule has 0 aromatic rings. The van der Waals surface area contributed by atoms with E-state index < -0.39 is 9.84 Å². The van der Waals surface area contributed by atoms with Crippen LogP contribution in [0, 0.1) is 0 Å². The van der Waals surface area contributed by atoms with Crippen molar-refractivity contribution in [1.82, 2.24) is 5.32 Å². The van der Waals surface area contributed by atoms with Crippen LogP contribution in [0.5, 0.6) is 0 Å². The summed E-state index contributed by atoms with van der Waals surface area (Å²) in [5, 5.41) is 4.37. The minimum absolute atomic E-state index is 0.293. The van der Waals surface area contributed by atoms with Gasteiger partial charge in [-0.2, -0.15) is 0 Å². The van der Waals surface area contributed by atoms with Gasteiger partial charge in [0, 0.05) is 18.8 Å². The number of piperidine rings is 1. The molecular weight excluding hydrogens is 174 g/mol. The van der Waals surface area contributed by atoms with E-state index in [1.807, 2.05) is 0 Å². The third kappa shape index (κ3) is 4.07. The molecule has 1 radical (unpaired) electrons. The number of rotatable bonds is 3. The van der Waals surface area contributed by atoms with Crippen molar-refractivity contribution in [3.8, 4) is 0 Å². The molecule has 1 saturated heterocycles. The monoisotopic (exact) mass is 190 g/mol. The predicted molar refractivity (Wildman–Crippen MR) is 49.0 cm³/mol. The van der Waals surface area contributed by atoms with Gasteiger partial charge in [0.05, 0.1) is 5.75 Å². The minimum Gasteiger partial charge on any atom is -0.238 e. The lowest BCUT2D eigenvalue weighted by atomic mass is 10.0. The normalized spacial score (nSPS) is 25.6. The molecule has 0 aromatic carbocycles. The maximum absolute atomic E-state index is 10.8. The van der Waals surface area contributed by atoms with Crippen molar-refractivity contribution in [2.24, 2.45) is 0 Å². The fourth-order valence-corrected chi connectivity index (χ4v) is 2.14. The van der Waals surface area contributed by atoms with Crippen LogP contribution in [0.25, 0.3) is 0 Å². The quantitative estimate of drug-likeness (QED) is 0.653. The average Bonchev–Trinajstić information content (AvgIpc) is 2.02. The maximum atomic E-state index is 10.8. The van der Waals surface area contributed by atoms with Gasteiger partial charge in [-0.3, -0.25) is 0 Å². The van der Waals surface area contributed by atoms with Gasteiger partial charge in [0.15, 0.2) is 0 Å². The SMILES string of the molecule is CS(=O)(=O)CCC1CCCC[N]1. The van der Waals surface area contributed by atoms with E-state index in [-0.39, 0.29) is 0 Å². The van der Waals surface area contributed by atoms with Crippen LogP contribution in [0.4, 0.5) is 0 Å². The maximum Gasteiger partial charge on any atom is 0.147 e. The molecule has 0 bridgehead atoms. The smallest absolute Gasteiger partial charge is 0.147 e. The molecule has 0 saturated carbocycles. The van der Waals surface area contributed by atoms with Crippen molar-refractivity contribution in [3.05, 3.63) is 0 Å². The molecule has 71 valence electrons. The van der Waals surface area contributed by atoms with Crippen molar-refractivity contribution in [2.75, 3.05) is 18.6 Å². The summed E-state index contributed by atoms with van der Waals surface area (Å²) in [6.07, 6.45) is 5.47. The molecule has 1 heterocycles.